The standard InChI is InChI=1S/C15H18N2O/c1-16-9-12-6-7-17(10-12)11-14-8-13-4-2-3-5-15(13)18-14/h2-7,10,14,16H,8-9,11H2,1H3. The number of fused-ring (bicyclic) bond motifs is 1. The fourth-order valence-corrected chi connectivity index (χ4v) is 2.50. The third-order valence-electron chi connectivity index (χ3n) is 3.32. The van der Waals surface area contributed by atoms with Crippen molar-refractivity contribution in [1.29, 1.82) is 0 Å². The highest BCUT2D eigenvalue weighted by molar-refractivity contribution is 5.37. The van der Waals surface area contributed by atoms with Crippen LogP contribution >= 0.6 is 0 Å². The third kappa shape index (κ3) is 2.27. The average molecular weight is 242 g/mol. The predicted octanol–water partition coefficient (Wildman–Crippen LogP) is 2.21. The van der Waals surface area contributed by atoms with Crippen molar-refractivity contribution in [3.05, 3.63) is 53.9 Å². The molecule has 3 nitrogen and oxygen atoms in total. The predicted molar refractivity (Wildman–Crippen MR) is 71.8 cm³/mol. The van der Waals surface area contributed by atoms with Gasteiger partial charge < -0.3 is 14.6 Å². The van der Waals surface area contributed by atoms with Crippen molar-refractivity contribution in [3.8, 4) is 5.75 Å². The molecule has 2 aromatic rings. The first-order chi connectivity index (χ1) is 8.85. The fourth-order valence-electron chi connectivity index (χ4n) is 2.50. The van der Waals surface area contributed by atoms with Gasteiger partial charge in [-0.25, -0.2) is 0 Å². The number of rotatable bonds is 4. The topological polar surface area (TPSA) is 26.2 Å². The highest BCUT2D eigenvalue weighted by Crippen LogP contribution is 2.28. The van der Waals surface area contributed by atoms with E-state index < -0.39 is 0 Å². The molecule has 0 saturated carbocycles. The number of ether oxygens (including phenoxy) is 1. The van der Waals surface area contributed by atoms with Crippen molar-refractivity contribution in [1.82, 2.24) is 9.88 Å². The molecule has 0 amide bonds. The van der Waals surface area contributed by atoms with Crippen molar-refractivity contribution in [2.24, 2.45) is 0 Å². The highest BCUT2D eigenvalue weighted by atomic mass is 16.5. The summed E-state index contributed by atoms with van der Waals surface area (Å²) < 4.78 is 8.16. The molecule has 1 aliphatic rings. The molecular weight excluding hydrogens is 224 g/mol. The zero-order valence-electron chi connectivity index (χ0n) is 10.6. The Hall–Kier alpha value is -1.74. The molecule has 0 bridgehead atoms. The Balaban J connectivity index is 1.65. The van der Waals surface area contributed by atoms with Crippen LogP contribution in [-0.4, -0.2) is 17.7 Å². The Morgan fingerprint density at radius 1 is 1.33 bits per heavy atom. The first kappa shape index (κ1) is 11.4. The van der Waals surface area contributed by atoms with Crippen molar-refractivity contribution >= 4 is 0 Å². The van der Waals surface area contributed by atoms with Crippen LogP contribution in [0.1, 0.15) is 11.1 Å². The van der Waals surface area contributed by atoms with Gasteiger partial charge in [0.15, 0.2) is 0 Å². The van der Waals surface area contributed by atoms with Gasteiger partial charge in [-0.3, -0.25) is 0 Å². The Labute approximate surface area is 107 Å². The van der Waals surface area contributed by atoms with E-state index in [-0.39, 0.29) is 6.10 Å². The van der Waals surface area contributed by atoms with Crippen LogP contribution in [0, 0.1) is 0 Å². The van der Waals surface area contributed by atoms with E-state index in [0.29, 0.717) is 0 Å². The Morgan fingerprint density at radius 3 is 3.06 bits per heavy atom. The molecule has 3 heteroatoms. The largest absolute Gasteiger partial charge is 0.488 e. The minimum absolute atomic E-state index is 0.261. The molecule has 1 aromatic heterocycles. The molecule has 2 heterocycles. The molecule has 18 heavy (non-hydrogen) atoms. The molecule has 0 fully saturated rings. The van der Waals surface area contributed by atoms with Crippen LogP contribution in [0.5, 0.6) is 5.75 Å². The van der Waals surface area contributed by atoms with Gasteiger partial charge in [-0.2, -0.15) is 0 Å². The second-order valence-electron chi connectivity index (χ2n) is 4.80. The van der Waals surface area contributed by atoms with E-state index >= 15 is 0 Å². The summed E-state index contributed by atoms with van der Waals surface area (Å²) in [5.41, 5.74) is 2.64. The van der Waals surface area contributed by atoms with E-state index in [1.165, 1.54) is 11.1 Å². The second kappa shape index (κ2) is 4.86. The van der Waals surface area contributed by atoms with E-state index in [2.05, 4.69) is 46.5 Å². The van der Waals surface area contributed by atoms with Gasteiger partial charge in [-0.05, 0) is 30.3 Å². The SMILES string of the molecule is CNCc1ccn(CC2Cc3ccccc3O2)c1. The maximum absolute atomic E-state index is 5.94. The highest BCUT2D eigenvalue weighted by Gasteiger charge is 2.22. The number of nitrogens with one attached hydrogen (secondary N) is 1. The summed E-state index contributed by atoms with van der Waals surface area (Å²) in [4.78, 5) is 0. The van der Waals surface area contributed by atoms with Crippen LogP contribution in [0.4, 0.5) is 0 Å². The number of para-hydroxylation sites is 1. The van der Waals surface area contributed by atoms with Crippen molar-refractivity contribution in [2.75, 3.05) is 7.05 Å². The summed E-state index contributed by atoms with van der Waals surface area (Å²) in [5, 5.41) is 3.16. The van der Waals surface area contributed by atoms with Gasteiger partial charge in [0.1, 0.15) is 11.9 Å². The van der Waals surface area contributed by atoms with Crippen LogP contribution < -0.4 is 10.1 Å². The molecular formula is C15H18N2O. The van der Waals surface area contributed by atoms with Crippen molar-refractivity contribution < 1.29 is 4.74 Å². The van der Waals surface area contributed by atoms with E-state index in [1.807, 2.05) is 13.1 Å². The molecule has 0 radical (unpaired) electrons. The quantitative estimate of drug-likeness (QED) is 0.889. The molecule has 3 rings (SSSR count). The van der Waals surface area contributed by atoms with Gasteiger partial charge in [0.2, 0.25) is 0 Å². The minimum atomic E-state index is 0.261. The Bertz CT molecular complexity index is 508. The van der Waals surface area contributed by atoms with E-state index in [0.717, 1.165) is 25.3 Å². The number of hydrogen-bond donors (Lipinski definition) is 1. The zero-order chi connectivity index (χ0) is 12.4. The van der Waals surface area contributed by atoms with Crippen LogP contribution in [-0.2, 0) is 19.5 Å². The van der Waals surface area contributed by atoms with Crippen LogP contribution in [0.3, 0.4) is 0 Å². The van der Waals surface area contributed by atoms with Crippen LogP contribution in [0.15, 0.2) is 42.7 Å². The zero-order valence-corrected chi connectivity index (χ0v) is 10.6. The molecule has 0 spiro atoms. The fraction of sp³-hybridized carbons (Fsp3) is 0.333. The van der Waals surface area contributed by atoms with Gasteiger partial charge in [0.05, 0.1) is 6.54 Å². The lowest BCUT2D eigenvalue weighted by molar-refractivity contribution is 0.209. The lowest BCUT2D eigenvalue weighted by atomic mass is 10.1. The number of aromatic nitrogens is 1. The third-order valence-corrected chi connectivity index (χ3v) is 3.32. The molecule has 1 aromatic carbocycles. The van der Waals surface area contributed by atoms with Gasteiger partial charge >= 0.3 is 0 Å². The number of hydrogen-bond acceptors (Lipinski definition) is 2. The van der Waals surface area contributed by atoms with Gasteiger partial charge in [0, 0.05) is 25.4 Å². The summed E-state index contributed by atoms with van der Waals surface area (Å²) in [6.45, 7) is 1.83. The molecule has 1 unspecified atom stereocenters. The summed E-state index contributed by atoms with van der Waals surface area (Å²) >= 11 is 0. The second-order valence-corrected chi connectivity index (χ2v) is 4.80. The molecule has 1 N–H and O–H groups in total. The lowest BCUT2D eigenvalue weighted by Crippen LogP contribution is -2.19. The van der Waals surface area contributed by atoms with Crippen LogP contribution in [0.2, 0.25) is 0 Å². The summed E-state index contributed by atoms with van der Waals surface area (Å²) in [5.74, 6) is 1.05. The summed E-state index contributed by atoms with van der Waals surface area (Å²) in [6, 6.07) is 10.5. The van der Waals surface area contributed by atoms with Gasteiger partial charge in [-0.15, -0.1) is 0 Å². The van der Waals surface area contributed by atoms with E-state index in [1.54, 1.807) is 0 Å². The van der Waals surface area contributed by atoms with E-state index in [9.17, 15) is 0 Å². The molecule has 1 aliphatic heterocycles. The van der Waals surface area contributed by atoms with Crippen LogP contribution in [0.25, 0.3) is 0 Å². The van der Waals surface area contributed by atoms with E-state index in [4.69, 9.17) is 4.74 Å². The first-order valence-electron chi connectivity index (χ1n) is 6.39. The van der Waals surface area contributed by atoms with Crippen molar-refractivity contribution in [3.63, 3.8) is 0 Å². The van der Waals surface area contributed by atoms with Gasteiger partial charge in [0.25, 0.3) is 0 Å². The smallest absolute Gasteiger partial charge is 0.123 e. The molecule has 1 atom stereocenters. The molecule has 94 valence electrons. The van der Waals surface area contributed by atoms with Crippen molar-refractivity contribution in [2.45, 2.75) is 25.6 Å². The summed E-state index contributed by atoms with van der Waals surface area (Å²) in [6.07, 6.45) is 5.58. The average Bonchev–Trinajstić information content (AvgIpc) is 2.96. The van der Waals surface area contributed by atoms with Gasteiger partial charge in [-0.1, -0.05) is 18.2 Å². The Morgan fingerprint density at radius 2 is 2.22 bits per heavy atom. The maximum atomic E-state index is 5.94. The molecule has 0 saturated heterocycles. The maximum Gasteiger partial charge on any atom is 0.123 e. The Kier molecular flexibility index (Phi) is 3.07. The number of benzene rings is 1. The summed E-state index contributed by atoms with van der Waals surface area (Å²) in [7, 11) is 1.97. The molecule has 0 aliphatic carbocycles. The normalized spacial score (nSPS) is 17.5. The minimum Gasteiger partial charge on any atom is -0.488 e. The number of nitrogens with zero attached hydrogens (tertiary/aromatic N) is 1. The lowest BCUT2D eigenvalue weighted by Gasteiger charge is -2.11. The first-order valence-corrected chi connectivity index (χ1v) is 6.39. The monoisotopic (exact) mass is 242 g/mol.